The lowest BCUT2D eigenvalue weighted by molar-refractivity contribution is -0.129. The van der Waals surface area contributed by atoms with E-state index in [1.807, 2.05) is 24.3 Å². The molecule has 3 amide bonds. The largest absolute Gasteiger partial charge is 0.465 e. The standard InChI is InChI=1S/C33H38N6O8S/c1-45-30(42)23-17-24(31(43)46-2)19-25(18-23)48-39-29(41)26(14-9-15-36-32(34)35)37-28(40)27(16-21-10-5-3-6-11-21)38-33(44)47-20-22-12-7-4-8-13-22/h3-8,10-13,17-19,26-27H,9,14-16,20H2,1-2H3,(H,37,40)(H,38,44)(H,39,41)(H4,34,35,36)/t26-,27-/m0/s1. The predicted molar refractivity (Wildman–Crippen MR) is 179 cm³/mol. The van der Waals surface area contributed by atoms with Crippen molar-refractivity contribution in [2.45, 2.75) is 42.8 Å². The number of nitrogens with one attached hydrogen (secondary N) is 3. The van der Waals surface area contributed by atoms with Crippen LogP contribution in [0.1, 0.15) is 44.7 Å². The topological polar surface area (TPSA) is 214 Å². The fourth-order valence-electron chi connectivity index (χ4n) is 4.32. The Kier molecular flexibility index (Phi) is 14.7. The summed E-state index contributed by atoms with van der Waals surface area (Å²) < 4.78 is 17.5. The molecule has 3 aromatic carbocycles. The Morgan fingerprint density at radius 3 is 1.92 bits per heavy atom. The van der Waals surface area contributed by atoms with Crippen LogP contribution in [0.3, 0.4) is 0 Å². The van der Waals surface area contributed by atoms with Crippen LogP contribution in [0.2, 0.25) is 0 Å². The second-order valence-corrected chi connectivity index (χ2v) is 11.1. The first-order valence-corrected chi connectivity index (χ1v) is 15.6. The molecule has 2 atom stereocenters. The van der Waals surface area contributed by atoms with Crippen LogP contribution in [-0.2, 0) is 36.8 Å². The van der Waals surface area contributed by atoms with Crippen molar-refractivity contribution in [1.29, 1.82) is 0 Å². The van der Waals surface area contributed by atoms with Crippen LogP contribution < -0.4 is 26.8 Å². The van der Waals surface area contributed by atoms with Gasteiger partial charge in [0, 0.05) is 17.9 Å². The number of carbonyl (C=O) groups excluding carboxylic acids is 5. The zero-order valence-corrected chi connectivity index (χ0v) is 27.3. The molecule has 0 fully saturated rings. The van der Waals surface area contributed by atoms with Crippen molar-refractivity contribution in [2.75, 3.05) is 20.8 Å². The van der Waals surface area contributed by atoms with Gasteiger partial charge in [-0.1, -0.05) is 60.7 Å². The maximum absolute atomic E-state index is 13.7. The third kappa shape index (κ3) is 12.3. The molecule has 3 aromatic rings. The number of benzene rings is 3. The van der Waals surface area contributed by atoms with Gasteiger partial charge in [0.2, 0.25) is 5.91 Å². The van der Waals surface area contributed by atoms with Gasteiger partial charge in [-0.15, -0.1) is 0 Å². The maximum atomic E-state index is 13.7. The van der Waals surface area contributed by atoms with Crippen molar-refractivity contribution in [3.63, 3.8) is 0 Å². The number of nitrogens with two attached hydrogens (primary N) is 2. The van der Waals surface area contributed by atoms with Gasteiger partial charge in [-0.05, 0) is 54.1 Å². The summed E-state index contributed by atoms with van der Waals surface area (Å²) in [4.78, 5) is 68.5. The fourth-order valence-corrected chi connectivity index (χ4v) is 5.05. The lowest BCUT2D eigenvalue weighted by Gasteiger charge is -2.23. The van der Waals surface area contributed by atoms with Gasteiger partial charge in [0.05, 0.1) is 25.3 Å². The number of hydrogen-bond donors (Lipinski definition) is 5. The van der Waals surface area contributed by atoms with E-state index in [0.29, 0.717) is 11.3 Å². The molecule has 0 aliphatic heterocycles. The summed E-state index contributed by atoms with van der Waals surface area (Å²) in [5, 5.41) is 5.34. The van der Waals surface area contributed by atoms with Crippen LogP contribution in [0.4, 0.5) is 4.79 Å². The number of rotatable bonds is 16. The molecule has 0 saturated carbocycles. The average Bonchev–Trinajstić information content (AvgIpc) is 3.10. The summed E-state index contributed by atoms with van der Waals surface area (Å²) in [7, 11) is 2.39. The Morgan fingerprint density at radius 2 is 1.35 bits per heavy atom. The van der Waals surface area contributed by atoms with Gasteiger partial charge in [-0.3, -0.25) is 19.3 Å². The van der Waals surface area contributed by atoms with Gasteiger partial charge in [0.1, 0.15) is 18.7 Å². The van der Waals surface area contributed by atoms with Gasteiger partial charge in [-0.25, -0.2) is 14.4 Å². The van der Waals surface area contributed by atoms with Crippen LogP contribution in [0.5, 0.6) is 0 Å². The van der Waals surface area contributed by atoms with Crippen LogP contribution in [0.25, 0.3) is 0 Å². The highest BCUT2D eigenvalue weighted by atomic mass is 32.2. The van der Waals surface area contributed by atoms with E-state index in [1.54, 1.807) is 36.4 Å². The van der Waals surface area contributed by atoms with Crippen LogP contribution >= 0.6 is 11.9 Å². The van der Waals surface area contributed by atoms with Gasteiger partial charge in [0.15, 0.2) is 5.96 Å². The summed E-state index contributed by atoms with van der Waals surface area (Å²) in [6.07, 6.45) is -0.255. The molecule has 3 rings (SSSR count). The highest BCUT2D eigenvalue weighted by molar-refractivity contribution is 7.98. The fraction of sp³-hybridized carbons (Fsp3) is 0.273. The number of hydrogen-bond acceptors (Lipinski definition) is 10. The molecule has 14 nitrogen and oxygen atoms in total. The molecule has 0 saturated heterocycles. The Bertz CT molecular complexity index is 1550. The van der Waals surface area contributed by atoms with E-state index < -0.39 is 41.9 Å². The quantitative estimate of drug-likeness (QED) is 0.0371. The zero-order valence-electron chi connectivity index (χ0n) is 26.5. The minimum atomic E-state index is -1.10. The molecule has 0 heterocycles. The van der Waals surface area contributed by atoms with Crippen molar-refractivity contribution < 1.29 is 38.2 Å². The monoisotopic (exact) mass is 678 g/mol. The van der Waals surface area contributed by atoms with E-state index >= 15 is 0 Å². The number of alkyl carbamates (subject to hydrolysis) is 1. The molecule has 0 aromatic heterocycles. The predicted octanol–water partition coefficient (Wildman–Crippen LogP) is 2.46. The highest BCUT2D eigenvalue weighted by Crippen LogP contribution is 2.21. The Morgan fingerprint density at radius 1 is 0.771 bits per heavy atom. The molecule has 0 bridgehead atoms. The lowest BCUT2D eigenvalue weighted by Crippen LogP contribution is -2.54. The van der Waals surface area contributed by atoms with E-state index in [0.717, 1.165) is 23.1 Å². The number of carbonyl (C=O) groups is 5. The molecule has 254 valence electrons. The van der Waals surface area contributed by atoms with Gasteiger partial charge in [-0.2, -0.15) is 0 Å². The average molecular weight is 679 g/mol. The SMILES string of the molecule is COC(=O)c1cc(SNC(=O)[C@H](CCCN=C(N)N)NC(=O)[C@H](Cc2ccccc2)NC(=O)OCc2ccccc2)cc(C(=O)OC)c1. The third-order valence-corrected chi connectivity index (χ3v) is 7.48. The molecule has 0 unspecified atom stereocenters. The number of esters is 2. The highest BCUT2D eigenvalue weighted by Gasteiger charge is 2.28. The molecule has 0 spiro atoms. The second kappa shape index (κ2) is 19.2. The number of nitrogens with zero attached hydrogens (tertiary/aromatic N) is 1. The van der Waals surface area contributed by atoms with Gasteiger partial charge >= 0.3 is 18.0 Å². The molecule has 0 aliphatic carbocycles. The maximum Gasteiger partial charge on any atom is 0.408 e. The molecule has 0 radical (unpaired) electrons. The van der Waals surface area contributed by atoms with Crippen LogP contribution in [0, 0.1) is 0 Å². The van der Waals surface area contributed by atoms with Crippen LogP contribution in [-0.4, -0.2) is 68.7 Å². The molecule has 48 heavy (non-hydrogen) atoms. The normalized spacial score (nSPS) is 11.6. The first-order chi connectivity index (χ1) is 23.1. The van der Waals surface area contributed by atoms with E-state index in [2.05, 4.69) is 20.3 Å². The summed E-state index contributed by atoms with van der Waals surface area (Å²) >= 11 is 0.815. The third-order valence-electron chi connectivity index (χ3n) is 6.70. The Hall–Kier alpha value is -5.57. The van der Waals surface area contributed by atoms with E-state index in [-0.39, 0.29) is 43.1 Å². The number of methoxy groups -OCH3 is 2. The number of guanidine groups is 1. The van der Waals surface area contributed by atoms with Crippen molar-refractivity contribution in [1.82, 2.24) is 15.4 Å². The first-order valence-electron chi connectivity index (χ1n) is 14.7. The van der Waals surface area contributed by atoms with E-state index in [4.69, 9.17) is 25.7 Å². The summed E-state index contributed by atoms with van der Waals surface area (Å²) in [5.41, 5.74) is 12.5. The van der Waals surface area contributed by atoms with Crippen LogP contribution in [0.15, 0.2) is 88.8 Å². The van der Waals surface area contributed by atoms with Crippen molar-refractivity contribution in [2.24, 2.45) is 16.5 Å². The summed E-state index contributed by atoms with van der Waals surface area (Å²) in [5.74, 6) is -2.76. The molecule has 7 N–H and O–H groups in total. The summed E-state index contributed by atoms with van der Waals surface area (Å²) in [6, 6.07) is 20.1. The zero-order chi connectivity index (χ0) is 34.9. The van der Waals surface area contributed by atoms with Gasteiger partial charge < -0.3 is 36.3 Å². The summed E-state index contributed by atoms with van der Waals surface area (Å²) in [6.45, 7) is 0.185. The molecular formula is C33H38N6O8S. The van der Waals surface area contributed by atoms with Crippen molar-refractivity contribution in [3.8, 4) is 0 Å². The number of ether oxygens (including phenoxy) is 3. The smallest absolute Gasteiger partial charge is 0.408 e. The van der Waals surface area contributed by atoms with E-state index in [9.17, 15) is 24.0 Å². The first kappa shape index (κ1) is 36.9. The molecular weight excluding hydrogens is 640 g/mol. The minimum Gasteiger partial charge on any atom is -0.465 e. The molecule has 0 aliphatic rings. The lowest BCUT2D eigenvalue weighted by atomic mass is 10.0. The minimum absolute atomic E-state index is 0.00569. The van der Waals surface area contributed by atoms with Gasteiger partial charge in [0.25, 0.3) is 5.91 Å². The Balaban J connectivity index is 1.78. The number of aliphatic imine (C=N–C) groups is 1. The van der Waals surface area contributed by atoms with E-state index in [1.165, 1.54) is 32.4 Å². The number of amides is 3. The van der Waals surface area contributed by atoms with Crippen molar-refractivity contribution >= 4 is 47.8 Å². The molecule has 15 heteroatoms. The second-order valence-electron chi connectivity index (χ2n) is 10.3. The Labute approximate surface area is 282 Å². The van der Waals surface area contributed by atoms with Crippen molar-refractivity contribution in [3.05, 3.63) is 101 Å².